The highest BCUT2D eigenvalue weighted by Gasteiger charge is 2.37. The van der Waals surface area contributed by atoms with Gasteiger partial charge in [0.2, 0.25) is 5.91 Å². The molecule has 1 N–H and O–H groups in total. The van der Waals surface area contributed by atoms with Gasteiger partial charge in [-0.05, 0) is 37.2 Å². The first-order chi connectivity index (χ1) is 13.4. The van der Waals surface area contributed by atoms with Gasteiger partial charge in [-0.15, -0.1) is 11.3 Å². The van der Waals surface area contributed by atoms with E-state index in [4.69, 9.17) is 0 Å². The molecule has 28 heavy (non-hydrogen) atoms. The Balaban J connectivity index is 1.56. The zero-order chi connectivity index (χ0) is 20.0. The lowest BCUT2D eigenvalue weighted by Crippen LogP contribution is -2.37. The topological polar surface area (TPSA) is 93.5 Å². The van der Waals surface area contributed by atoms with Crippen LogP contribution in [0.15, 0.2) is 22.7 Å². The van der Waals surface area contributed by atoms with E-state index >= 15 is 0 Å². The number of hydrogen-bond acceptors (Lipinski definition) is 6. The number of Topliss-reactive ketones (excluding diaryl/α,β-unsaturated/α-hetero) is 1. The molecule has 0 radical (unpaired) electrons. The van der Waals surface area contributed by atoms with E-state index in [0.29, 0.717) is 20.7 Å². The molecule has 0 atom stereocenters. The monoisotopic (exact) mass is 458 g/mol. The lowest BCUT2D eigenvalue weighted by Gasteiger charge is -2.21. The van der Waals surface area contributed by atoms with E-state index in [2.05, 4.69) is 32.2 Å². The van der Waals surface area contributed by atoms with Crippen LogP contribution in [0, 0.1) is 11.3 Å². The molecule has 4 rings (SSSR count). The number of nitrogens with zero attached hydrogens (tertiary/aromatic N) is 3. The van der Waals surface area contributed by atoms with Crippen LogP contribution in [-0.4, -0.2) is 42.6 Å². The lowest BCUT2D eigenvalue weighted by atomic mass is 10.0. The number of likely N-dealkylation sites (N-methyl/N-ethyl adjacent to an activating group) is 1. The number of nitriles is 1. The van der Waals surface area contributed by atoms with Gasteiger partial charge in [-0.3, -0.25) is 19.3 Å². The molecule has 0 saturated carbocycles. The number of nitrogens with one attached hydrogen (secondary N) is 1. The van der Waals surface area contributed by atoms with Crippen molar-refractivity contribution in [1.29, 1.82) is 5.26 Å². The summed E-state index contributed by atoms with van der Waals surface area (Å²) in [6, 6.07) is 7.12. The molecule has 7 nitrogen and oxygen atoms in total. The number of benzene rings is 1. The van der Waals surface area contributed by atoms with E-state index in [9.17, 15) is 19.6 Å². The number of fused-ring (bicyclic) bond motifs is 2. The molecule has 2 amide bonds. The molecule has 1 aromatic carbocycles. The van der Waals surface area contributed by atoms with Crippen molar-refractivity contribution >= 4 is 55.6 Å². The summed E-state index contributed by atoms with van der Waals surface area (Å²) in [5.74, 6) is -1.80. The number of ketones is 1. The van der Waals surface area contributed by atoms with Gasteiger partial charge < -0.3 is 10.2 Å². The van der Waals surface area contributed by atoms with Crippen molar-refractivity contribution < 1.29 is 14.4 Å². The second-order valence-corrected chi connectivity index (χ2v) is 8.76. The SMILES string of the molecule is CN1CCc2c(sc(NC(=O)CN3C(=O)C(=O)c4cc(Br)ccc43)c2C#N)C1. The van der Waals surface area contributed by atoms with Crippen LogP contribution < -0.4 is 10.2 Å². The van der Waals surface area contributed by atoms with E-state index in [1.54, 1.807) is 18.2 Å². The van der Waals surface area contributed by atoms with Gasteiger partial charge in [0.05, 0.1) is 16.8 Å². The van der Waals surface area contributed by atoms with Gasteiger partial charge in [-0.1, -0.05) is 15.9 Å². The Morgan fingerprint density at radius 2 is 2.18 bits per heavy atom. The van der Waals surface area contributed by atoms with E-state index in [-0.39, 0.29) is 12.1 Å². The van der Waals surface area contributed by atoms with Crippen molar-refractivity contribution in [3.05, 3.63) is 44.2 Å². The predicted molar refractivity (Wildman–Crippen MR) is 109 cm³/mol. The first-order valence-electron chi connectivity index (χ1n) is 8.58. The highest BCUT2D eigenvalue weighted by atomic mass is 79.9. The second kappa shape index (κ2) is 7.13. The Morgan fingerprint density at radius 3 is 2.93 bits per heavy atom. The first-order valence-corrected chi connectivity index (χ1v) is 10.2. The number of amides is 2. The number of hydrogen-bond donors (Lipinski definition) is 1. The standard InChI is InChI=1S/C19H15BrN4O3S/c1-23-5-4-11-13(7-21)18(28-15(11)8-23)22-16(25)9-24-14-3-2-10(20)6-12(14)17(26)19(24)27/h2-3,6H,4-5,8-9H2,1H3,(H,22,25). The fourth-order valence-electron chi connectivity index (χ4n) is 3.48. The summed E-state index contributed by atoms with van der Waals surface area (Å²) in [7, 11) is 2.01. The smallest absolute Gasteiger partial charge is 0.299 e. The molecule has 0 spiro atoms. The van der Waals surface area contributed by atoms with E-state index in [1.807, 2.05) is 7.05 Å². The maximum absolute atomic E-state index is 12.6. The third kappa shape index (κ3) is 3.13. The van der Waals surface area contributed by atoms with E-state index in [0.717, 1.165) is 30.0 Å². The predicted octanol–water partition coefficient (Wildman–Crippen LogP) is 2.54. The highest BCUT2D eigenvalue weighted by molar-refractivity contribution is 9.10. The number of thiophene rings is 1. The van der Waals surface area contributed by atoms with Crippen molar-refractivity contribution in [3.8, 4) is 6.07 Å². The van der Waals surface area contributed by atoms with Gasteiger partial charge in [0.1, 0.15) is 17.6 Å². The van der Waals surface area contributed by atoms with Crippen molar-refractivity contribution in [2.24, 2.45) is 0 Å². The van der Waals surface area contributed by atoms with Crippen LogP contribution in [0.4, 0.5) is 10.7 Å². The zero-order valence-corrected chi connectivity index (χ0v) is 17.3. The number of anilines is 2. The summed E-state index contributed by atoms with van der Waals surface area (Å²) < 4.78 is 0.687. The molecule has 0 unspecified atom stereocenters. The molecular formula is C19H15BrN4O3S. The van der Waals surface area contributed by atoms with Crippen LogP contribution in [0.25, 0.3) is 0 Å². The normalized spacial score (nSPS) is 16.0. The minimum Gasteiger partial charge on any atom is -0.315 e. The molecule has 2 aliphatic rings. The fourth-order valence-corrected chi connectivity index (χ4v) is 5.13. The highest BCUT2D eigenvalue weighted by Crippen LogP contribution is 2.36. The summed E-state index contributed by atoms with van der Waals surface area (Å²) in [5.41, 5.74) is 2.18. The Bertz CT molecular complexity index is 1070. The van der Waals surface area contributed by atoms with Gasteiger partial charge in [-0.2, -0.15) is 5.26 Å². The molecule has 0 saturated heterocycles. The third-order valence-electron chi connectivity index (χ3n) is 4.85. The Morgan fingerprint density at radius 1 is 1.39 bits per heavy atom. The van der Waals surface area contributed by atoms with E-state index < -0.39 is 17.6 Å². The van der Waals surface area contributed by atoms with Crippen LogP contribution in [-0.2, 0) is 22.6 Å². The van der Waals surface area contributed by atoms with E-state index in [1.165, 1.54) is 16.2 Å². The quantitative estimate of drug-likeness (QED) is 0.713. The maximum Gasteiger partial charge on any atom is 0.299 e. The molecule has 3 heterocycles. The van der Waals surface area contributed by atoms with Crippen LogP contribution in [0.3, 0.4) is 0 Å². The summed E-state index contributed by atoms with van der Waals surface area (Å²) in [5, 5.41) is 12.8. The minimum absolute atomic E-state index is 0.277. The number of halogens is 1. The first kappa shape index (κ1) is 18.8. The average molecular weight is 459 g/mol. The summed E-state index contributed by atoms with van der Waals surface area (Å²) >= 11 is 4.67. The van der Waals surface area contributed by atoms with Crippen molar-refractivity contribution in [2.45, 2.75) is 13.0 Å². The maximum atomic E-state index is 12.6. The molecule has 2 aromatic rings. The molecule has 142 valence electrons. The van der Waals surface area contributed by atoms with Crippen LogP contribution in [0.5, 0.6) is 0 Å². The number of rotatable bonds is 3. The zero-order valence-electron chi connectivity index (χ0n) is 14.9. The second-order valence-electron chi connectivity index (χ2n) is 6.74. The Labute approximate surface area is 173 Å². The molecule has 2 aliphatic heterocycles. The van der Waals surface area contributed by atoms with Crippen molar-refractivity contribution in [1.82, 2.24) is 4.90 Å². The minimum atomic E-state index is -0.726. The summed E-state index contributed by atoms with van der Waals surface area (Å²) in [6.07, 6.45) is 0.766. The van der Waals surface area contributed by atoms with Crippen molar-refractivity contribution in [2.75, 3.05) is 30.4 Å². The molecule has 0 bridgehead atoms. The summed E-state index contributed by atoms with van der Waals surface area (Å²) in [4.78, 5) is 41.5. The van der Waals surface area contributed by atoms with Crippen molar-refractivity contribution in [3.63, 3.8) is 0 Å². The summed E-state index contributed by atoms with van der Waals surface area (Å²) in [6.45, 7) is 1.32. The van der Waals surface area contributed by atoms with Gasteiger partial charge in [0.25, 0.3) is 11.7 Å². The van der Waals surface area contributed by atoms with Gasteiger partial charge >= 0.3 is 0 Å². The lowest BCUT2D eigenvalue weighted by molar-refractivity contribution is -0.118. The van der Waals surface area contributed by atoms with Gasteiger partial charge in [0.15, 0.2) is 0 Å². The molecule has 9 heteroatoms. The Hall–Kier alpha value is -2.54. The molecular weight excluding hydrogens is 444 g/mol. The Kier molecular flexibility index (Phi) is 4.79. The van der Waals surface area contributed by atoms with Gasteiger partial charge in [0, 0.05) is 22.4 Å². The molecule has 0 fully saturated rings. The van der Waals surface area contributed by atoms with Crippen LogP contribution in [0.2, 0.25) is 0 Å². The van der Waals surface area contributed by atoms with Crippen LogP contribution >= 0.6 is 27.3 Å². The number of carbonyl (C=O) groups excluding carboxylic acids is 3. The average Bonchev–Trinajstić information content (AvgIpc) is 3.10. The third-order valence-corrected chi connectivity index (χ3v) is 6.47. The largest absolute Gasteiger partial charge is 0.315 e. The molecule has 1 aromatic heterocycles. The van der Waals surface area contributed by atoms with Crippen LogP contribution in [0.1, 0.15) is 26.4 Å². The molecule has 0 aliphatic carbocycles. The fraction of sp³-hybridized carbons (Fsp3) is 0.263. The number of carbonyl (C=O) groups is 3. The van der Waals surface area contributed by atoms with Gasteiger partial charge in [-0.25, -0.2) is 0 Å².